The van der Waals surface area contributed by atoms with Crippen molar-refractivity contribution in [3.63, 3.8) is 0 Å². The van der Waals surface area contributed by atoms with Gasteiger partial charge in [-0.1, -0.05) is 12.1 Å². The van der Waals surface area contributed by atoms with Crippen molar-refractivity contribution < 1.29 is 23.7 Å². The number of nitrogens with one attached hydrogen (secondary N) is 2. The first kappa shape index (κ1) is 20.6. The van der Waals surface area contributed by atoms with E-state index in [0.29, 0.717) is 23.6 Å². The van der Waals surface area contributed by atoms with Crippen molar-refractivity contribution >= 4 is 23.4 Å². The molecule has 2 aromatic rings. The summed E-state index contributed by atoms with van der Waals surface area (Å²) in [4.78, 5) is 39.5. The van der Waals surface area contributed by atoms with Crippen LogP contribution < -0.4 is 20.9 Å². The summed E-state index contributed by atoms with van der Waals surface area (Å²) in [5, 5.41) is 2.81. The van der Waals surface area contributed by atoms with E-state index in [2.05, 4.69) is 5.32 Å². The van der Waals surface area contributed by atoms with E-state index in [-0.39, 0.29) is 36.7 Å². The van der Waals surface area contributed by atoms with E-state index >= 15 is 0 Å². The first-order valence-electron chi connectivity index (χ1n) is 9.74. The number of piperidine rings is 1. The van der Waals surface area contributed by atoms with Gasteiger partial charge < -0.3 is 25.3 Å². The van der Waals surface area contributed by atoms with Crippen LogP contribution in [0.1, 0.15) is 29.0 Å². The number of nitrogens with zero attached hydrogens (tertiary/aromatic N) is 1. The molecule has 0 saturated carbocycles. The number of nitrogens with two attached hydrogens (primary N) is 1. The van der Waals surface area contributed by atoms with Gasteiger partial charge in [-0.15, -0.1) is 0 Å². The van der Waals surface area contributed by atoms with Gasteiger partial charge >= 0.3 is 0 Å². The maximum Gasteiger partial charge on any atom is 0.281 e. The Morgan fingerprint density at radius 1 is 1.24 bits per heavy atom. The van der Waals surface area contributed by atoms with E-state index in [1.54, 1.807) is 49.7 Å². The average Bonchev–Trinajstić information content (AvgIpc) is 3.25. The van der Waals surface area contributed by atoms with Crippen molar-refractivity contribution in [2.75, 3.05) is 31.6 Å². The summed E-state index contributed by atoms with van der Waals surface area (Å²) in [7, 11) is 1.66. The fourth-order valence-corrected chi connectivity index (χ4v) is 3.66. The second-order valence-electron chi connectivity index (χ2n) is 7.35. The summed E-state index contributed by atoms with van der Waals surface area (Å²) in [6.07, 6.45) is 3.20. The highest BCUT2D eigenvalue weighted by molar-refractivity contribution is 6.04. The lowest BCUT2D eigenvalue weighted by molar-refractivity contribution is -0.899. The fourth-order valence-electron chi connectivity index (χ4n) is 3.66. The molecule has 8 heteroatoms. The number of hydrogen-bond acceptors (Lipinski definition) is 4. The molecule has 1 aliphatic heterocycles. The molecule has 0 aliphatic carbocycles. The molecule has 4 N–H and O–H groups in total. The van der Waals surface area contributed by atoms with Crippen molar-refractivity contribution in [2.24, 2.45) is 11.7 Å². The van der Waals surface area contributed by atoms with Crippen LogP contribution in [0.5, 0.6) is 0 Å². The summed E-state index contributed by atoms with van der Waals surface area (Å²) >= 11 is 0. The third kappa shape index (κ3) is 5.23. The van der Waals surface area contributed by atoms with Crippen molar-refractivity contribution in [3.05, 3.63) is 54.0 Å². The number of carbonyl (C=O) groups excluding carboxylic acids is 3. The predicted molar refractivity (Wildman–Crippen MR) is 107 cm³/mol. The second kappa shape index (κ2) is 9.38. The Morgan fingerprint density at radius 3 is 2.76 bits per heavy atom. The van der Waals surface area contributed by atoms with Crippen LogP contribution in [0.15, 0.2) is 47.1 Å². The van der Waals surface area contributed by atoms with Crippen molar-refractivity contribution in [2.45, 2.75) is 19.4 Å². The molecule has 3 rings (SSSR count). The number of primary amides is 1. The zero-order valence-electron chi connectivity index (χ0n) is 16.5. The van der Waals surface area contributed by atoms with Crippen LogP contribution in [0.4, 0.5) is 5.69 Å². The first-order chi connectivity index (χ1) is 14.0. The molecule has 0 spiro atoms. The van der Waals surface area contributed by atoms with Crippen molar-refractivity contribution in [1.29, 1.82) is 0 Å². The molecule has 29 heavy (non-hydrogen) atoms. The third-order valence-corrected chi connectivity index (χ3v) is 5.31. The number of furan rings is 1. The molecule has 1 saturated heterocycles. The lowest BCUT2D eigenvalue weighted by atomic mass is 9.97. The molecule has 1 unspecified atom stereocenters. The van der Waals surface area contributed by atoms with E-state index in [9.17, 15) is 14.4 Å². The van der Waals surface area contributed by atoms with Gasteiger partial charge in [-0.05, 0) is 37.1 Å². The van der Waals surface area contributed by atoms with Gasteiger partial charge in [-0.25, -0.2) is 0 Å². The summed E-state index contributed by atoms with van der Waals surface area (Å²) in [5.41, 5.74) is 6.38. The number of amides is 3. The van der Waals surface area contributed by atoms with Gasteiger partial charge in [0.2, 0.25) is 5.91 Å². The summed E-state index contributed by atoms with van der Waals surface area (Å²) in [6.45, 7) is 1.92. The number of anilines is 1. The lowest BCUT2D eigenvalue weighted by Crippen LogP contribution is -3.15. The number of carbonyl (C=O) groups is 3. The molecule has 8 nitrogen and oxygen atoms in total. The second-order valence-corrected chi connectivity index (χ2v) is 7.35. The zero-order valence-corrected chi connectivity index (χ0v) is 16.5. The van der Waals surface area contributed by atoms with Gasteiger partial charge in [0.15, 0.2) is 6.54 Å². The molecule has 1 aromatic carbocycles. The Morgan fingerprint density at radius 2 is 2.03 bits per heavy atom. The van der Waals surface area contributed by atoms with Crippen LogP contribution >= 0.6 is 0 Å². The molecule has 1 aromatic heterocycles. The minimum atomic E-state index is -0.304. The van der Waals surface area contributed by atoms with Crippen LogP contribution in [0, 0.1) is 5.92 Å². The maximum absolute atomic E-state index is 12.8. The quantitative estimate of drug-likeness (QED) is 0.606. The topological polar surface area (TPSA) is 110 Å². The van der Waals surface area contributed by atoms with Gasteiger partial charge in [0.25, 0.3) is 11.8 Å². The summed E-state index contributed by atoms with van der Waals surface area (Å²) in [6, 6.07) is 10.5. The van der Waals surface area contributed by atoms with Gasteiger partial charge in [-0.2, -0.15) is 0 Å². The fraction of sp³-hybridized carbons (Fsp3) is 0.381. The highest BCUT2D eigenvalue weighted by atomic mass is 16.3. The molecule has 0 bridgehead atoms. The molecule has 0 radical (unpaired) electrons. The number of likely N-dealkylation sites (tertiary alicyclic amines) is 1. The Hall–Kier alpha value is -3.13. The van der Waals surface area contributed by atoms with Crippen LogP contribution in [0.2, 0.25) is 0 Å². The van der Waals surface area contributed by atoms with E-state index in [1.807, 2.05) is 0 Å². The average molecular weight is 399 g/mol. The van der Waals surface area contributed by atoms with Crippen molar-refractivity contribution in [1.82, 2.24) is 5.32 Å². The first-order valence-corrected chi connectivity index (χ1v) is 9.74. The minimum Gasteiger partial charge on any atom is -0.467 e. The number of hydrogen-bond donors (Lipinski definition) is 3. The molecule has 2 atom stereocenters. The zero-order chi connectivity index (χ0) is 20.8. The van der Waals surface area contributed by atoms with E-state index in [0.717, 1.165) is 24.3 Å². The SMILES string of the molecule is CN(C(=O)C[NH+]1CCC[C@H](C(N)=O)C1)c1ccccc1C(=O)NCc1ccco1. The standard InChI is InChI=1S/C21H26N4O4/c1-24(19(26)14-25-10-4-6-15(13-25)20(22)27)18-9-3-2-8-17(18)21(28)23-12-16-7-5-11-29-16/h2-3,5,7-9,11,15H,4,6,10,12-14H2,1H3,(H2,22,27)(H,23,28)/p+1/t15-/m0/s1. The van der Waals surface area contributed by atoms with Gasteiger partial charge in [0.1, 0.15) is 5.76 Å². The molecule has 1 fully saturated rings. The van der Waals surface area contributed by atoms with Gasteiger partial charge in [0, 0.05) is 7.05 Å². The minimum absolute atomic E-state index is 0.114. The van der Waals surface area contributed by atoms with E-state index < -0.39 is 0 Å². The van der Waals surface area contributed by atoms with Crippen molar-refractivity contribution in [3.8, 4) is 0 Å². The molecular weight excluding hydrogens is 372 g/mol. The van der Waals surface area contributed by atoms with Crippen LogP contribution in [-0.2, 0) is 16.1 Å². The molecular formula is C21H27N4O4+. The monoisotopic (exact) mass is 399 g/mol. The Kier molecular flexibility index (Phi) is 6.66. The lowest BCUT2D eigenvalue weighted by Gasteiger charge is -2.29. The van der Waals surface area contributed by atoms with Crippen LogP contribution in [-0.4, -0.2) is 44.4 Å². The number of benzene rings is 1. The highest BCUT2D eigenvalue weighted by Gasteiger charge is 2.30. The largest absolute Gasteiger partial charge is 0.467 e. The Balaban J connectivity index is 1.65. The molecule has 3 amide bonds. The predicted octanol–water partition coefficient (Wildman–Crippen LogP) is -0.0474. The maximum atomic E-state index is 12.8. The molecule has 2 heterocycles. The van der Waals surface area contributed by atoms with E-state index in [1.165, 1.54) is 4.90 Å². The smallest absolute Gasteiger partial charge is 0.281 e. The normalized spacial score (nSPS) is 18.8. The number of likely N-dealkylation sites (N-methyl/N-ethyl adjacent to an activating group) is 1. The van der Waals surface area contributed by atoms with E-state index in [4.69, 9.17) is 10.2 Å². The summed E-state index contributed by atoms with van der Waals surface area (Å²) in [5.74, 6) is -0.233. The summed E-state index contributed by atoms with van der Waals surface area (Å²) < 4.78 is 5.23. The number of para-hydroxylation sites is 1. The van der Waals surface area contributed by atoms with Gasteiger partial charge in [0.05, 0.1) is 43.1 Å². The molecule has 1 aliphatic rings. The third-order valence-electron chi connectivity index (χ3n) is 5.31. The Bertz CT molecular complexity index is 865. The van der Waals surface area contributed by atoms with Gasteiger partial charge in [-0.3, -0.25) is 14.4 Å². The highest BCUT2D eigenvalue weighted by Crippen LogP contribution is 2.19. The number of rotatable bonds is 7. The van der Waals surface area contributed by atoms with Crippen LogP contribution in [0.3, 0.4) is 0 Å². The molecule has 154 valence electrons. The van der Waals surface area contributed by atoms with Crippen LogP contribution in [0.25, 0.3) is 0 Å². The Labute approximate surface area is 169 Å². The number of quaternary nitrogens is 1.